The Morgan fingerprint density at radius 1 is 1.24 bits per heavy atom. The van der Waals surface area contributed by atoms with Gasteiger partial charge in [0.15, 0.2) is 0 Å². The first-order valence-electron chi connectivity index (χ1n) is 6.29. The van der Waals surface area contributed by atoms with Gasteiger partial charge in [-0.25, -0.2) is 4.39 Å². The van der Waals surface area contributed by atoms with E-state index in [1.165, 1.54) is 24.8 Å². The predicted molar refractivity (Wildman–Crippen MR) is 68.4 cm³/mol. The monoisotopic (exact) mass is 236 g/mol. The molecule has 0 radical (unpaired) electrons. The molecular formula is C14H21FN2. The van der Waals surface area contributed by atoms with Crippen molar-refractivity contribution in [1.82, 2.24) is 10.6 Å². The van der Waals surface area contributed by atoms with Crippen molar-refractivity contribution in [1.29, 1.82) is 0 Å². The van der Waals surface area contributed by atoms with Crippen molar-refractivity contribution in [2.24, 2.45) is 5.41 Å². The van der Waals surface area contributed by atoms with Crippen molar-refractivity contribution in [2.45, 2.75) is 25.3 Å². The van der Waals surface area contributed by atoms with Crippen molar-refractivity contribution in [3.05, 3.63) is 35.6 Å². The highest BCUT2D eigenvalue weighted by Gasteiger charge is 2.43. The predicted octanol–water partition coefficient (Wildman–Crippen LogP) is 2.48. The molecule has 0 aromatic heterocycles. The zero-order valence-electron chi connectivity index (χ0n) is 10.6. The molecule has 2 N–H and O–H groups in total. The third kappa shape index (κ3) is 2.35. The van der Waals surface area contributed by atoms with Gasteiger partial charge in [0.2, 0.25) is 0 Å². The molecule has 0 amide bonds. The lowest BCUT2D eigenvalue weighted by Gasteiger charge is -2.48. The van der Waals surface area contributed by atoms with Crippen molar-refractivity contribution in [3.63, 3.8) is 0 Å². The fourth-order valence-electron chi connectivity index (χ4n) is 3.03. The summed E-state index contributed by atoms with van der Waals surface area (Å²) >= 11 is 0. The van der Waals surface area contributed by atoms with Gasteiger partial charge in [-0.2, -0.15) is 0 Å². The second-order valence-corrected chi connectivity index (χ2v) is 5.02. The minimum Gasteiger partial charge on any atom is -0.319 e. The molecule has 1 aromatic carbocycles. The van der Waals surface area contributed by atoms with Gasteiger partial charge < -0.3 is 10.6 Å². The van der Waals surface area contributed by atoms with Crippen LogP contribution in [-0.2, 0) is 0 Å². The minimum atomic E-state index is -0.167. The molecular weight excluding hydrogens is 215 g/mol. The molecule has 0 bridgehead atoms. The first-order valence-corrected chi connectivity index (χ1v) is 6.29. The van der Waals surface area contributed by atoms with Gasteiger partial charge in [0.25, 0.3) is 0 Å². The summed E-state index contributed by atoms with van der Waals surface area (Å²) < 4.78 is 13.0. The first kappa shape index (κ1) is 12.5. The molecule has 0 saturated heterocycles. The zero-order valence-corrected chi connectivity index (χ0v) is 10.6. The highest BCUT2D eigenvalue weighted by molar-refractivity contribution is 5.23. The molecule has 1 fully saturated rings. The normalized spacial score (nSPS) is 19.7. The molecule has 0 spiro atoms. The highest BCUT2D eigenvalue weighted by atomic mass is 19.1. The summed E-state index contributed by atoms with van der Waals surface area (Å²) in [4.78, 5) is 0. The Labute approximate surface area is 103 Å². The SMILES string of the molecule is CNCC1(C(NC)c2ccc(F)cc2)CCC1. The van der Waals surface area contributed by atoms with Gasteiger partial charge in [0.1, 0.15) is 5.82 Å². The van der Waals surface area contributed by atoms with Crippen LogP contribution < -0.4 is 10.6 Å². The maximum absolute atomic E-state index is 13.0. The summed E-state index contributed by atoms with van der Waals surface area (Å²) in [5.74, 6) is -0.167. The van der Waals surface area contributed by atoms with E-state index in [1.54, 1.807) is 12.1 Å². The number of hydrogen-bond donors (Lipinski definition) is 2. The number of nitrogens with one attached hydrogen (secondary N) is 2. The standard InChI is InChI=1S/C14H21FN2/c1-16-10-14(8-3-9-14)13(17-2)11-4-6-12(15)7-5-11/h4-7,13,16-17H,3,8-10H2,1-2H3. The number of hydrogen-bond acceptors (Lipinski definition) is 2. The summed E-state index contributed by atoms with van der Waals surface area (Å²) in [5, 5.41) is 6.70. The summed E-state index contributed by atoms with van der Waals surface area (Å²) in [6.45, 7) is 1.01. The van der Waals surface area contributed by atoms with Gasteiger partial charge in [0, 0.05) is 18.0 Å². The second kappa shape index (κ2) is 5.15. The first-order chi connectivity index (χ1) is 8.22. The van der Waals surface area contributed by atoms with Gasteiger partial charge in [-0.1, -0.05) is 18.6 Å². The van der Waals surface area contributed by atoms with E-state index in [2.05, 4.69) is 10.6 Å². The molecule has 1 aromatic rings. The van der Waals surface area contributed by atoms with Crippen molar-refractivity contribution >= 4 is 0 Å². The number of benzene rings is 1. The quantitative estimate of drug-likeness (QED) is 0.820. The van der Waals surface area contributed by atoms with Crippen LogP contribution in [0.3, 0.4) is 0 Å². The maximum Gasteiger partial charge on any atom is 0.123 e. The Balaban J connectivity index is 2.22. The average Bonchev–Trinajstić information content (AvgIpc) is 2.29. The zero-order chi connectivity index (χ0) is 12.3. The Morgan fingerprint density at radius 3 is 2.29 bits per heavy atom. The average molecular weight is 236 g/mol. The molecule has 94 valence electrons. The smallest absolute Gasteiger partial charge is 0.123 e. The van der Waals surface area contributed by atoms with E-state index in [0.29, 0.717) is 11.5 Å². The lowest BCUT2D eigenvalue weighted by atomic mass is 9.62. The van der Waals surface area contributed by atoms with Crippen LogP contribution in [0, 0.1) is 11.2 Å². The Bertz CT molecular complexity index is 357. The summed E-state index contributed by atoms with van der Waals surface area (Å²) in [6.07, 6.45) is 3.76. The van der Waals surface area contributed by atoms with Gasteiger partial charge in [0.05, 0.1) is 0 Å². The van der Waals surface area contributed by atoms with Crippen molar-refractivity contribution < 1.29 is 4.39 Å². The van der Waals surface area contributed by atoms with Gasteiger partial charge in [-0.3, -0.25) is 0 Å². The molecule has 0 aliphatic heterocycles. The lowest BCUT2D eigenvalue weighted by molar-refractivity contribution is 0.0788. The van der Waals surface area contributed by atoms with Crippen LogP contribution in [0.2, 0.25) is 0 Å². The van der Waals surface area contributed by atoms with Crippen molar-refractivity contribution in [3.8, 4) is 0 Å². The van der Waals surface area contributed by atoms with Gasteiger partial charge in [-0.15, -0.1) is 0 Å². The summed E-state index contributed by atoms with van der Waals surface area (Å²) in [7, 11) is 3.99. The van der Waals surface area contributed by atoms with Crippen LogP contribution in [0.4, 0.5) is 4.39 Å². The fraction of sp³-hybridized carbons (Fsp3) is 0.571. The Hall–Kier alpha value is -0.930. The van der Waals surface area contributed by atoms with E-state index in [-0.39, 0.29) is 5.82 Å². The number of rotatable bonds is 5. The fourth-order valence-corrected chi connectivity index (χ4v) is 3.03. The highest BCUT2D eigenvalue weighted by Crippen LogP contribution is 2.49. The Kier molecular flexibility index (Phi) is 3.79. The van der Waals surface area contributed by atoms with Crippen LogP contribution >= 0.6 is 0 Å². The van der Waals surface area contributed by atoms with E-state index in [4.69, 9.17) is 0 Å². The van der Waals surface area contributed by atoms with E-state index < -0.39 is 0 Å². The molecule has 1 aliphatic carbocycles. The molecule has 3 heteroatoms. The molecule has 17 heavy (non-hydrogen) atoms. The molecule has 1 unspecified atom stereocenters. The van der Waals surface area contributed by atoms with Gasteiger partial charge in [-0.05, 0) is 44.6 Å². The van der Waals surface area contributed by atoms with Crippen LogP contribution in [0.15, 0.2) is 24.3 Å². The summed E-state index contributed by atoms with van der Waals surface area (Å²) in [6, 6.07) is 7.19. The molecule has 1 aliphatic rings. The minimum absolute atomic E-state index is 0.167. The molecule has 0 heterocycles. The Morgan fingerprint density at radius 2 is 1.88 bits per heavy atom. The van der Waals surface area contributed by atoms with Crippen LogP contribution in [0.5, 0.6) is 0 Å². The topological polar surface area (TPSA) is 24.1 Å². The third-order valence-electron chi connectivity index (χ3n) is 3.98. The summed E-state index contributed by atoms with van der Waals surface area (Å²) in [5.41, 5.74) is 1.48. The maximum atomic E-state index is 13.0. The molecule has 2 rings (SSSR count). The lowest BCUT2D eigenvalue weighted by Crippen LogP contribution is -2.47. The van der Waals surface area contributed by atoms with E-state index in [1.807, 2.05) is 26.2 Å². The molecule has 1 atom stereocenters. The van der Waals surface area contributed by atoms with E-state index in [9.17, 15) is 4.39 Å². The van der Waals surface area contributed by atoms with Crippen LogP contribution in [-0.4, -0.2) is 20.6 Å². The van der Waals surface area contributed by atoms with Crippen molar-refractivity contribution in [2.75, 3.05) is 20.6 Å². The molecule has 2 nitrogen and oxygen atoms in total. The molecule has 1 saturated carbocycles. The van der Waals surface area contributed by atoms with Gasteiger partial charge >= 0.3 is 0 Å². The number of halogens is 1. The third-order valence-corrected chi connectivity index (χ3v) is 3.98. The van der Waals surface area contributed by atoms with Crippen LogP contribution in [0.25, 0.3) is 0 Å². The van der Waals surface area contributed by atoms with Crippen LogP contribution in [0.1, 0.15) is 30.9 Å². The van der Waals surface area contributed by atoms with E-state index in [0.717, 1.165) is 6.54 Å². The van der Waals surface area contributed by atoms with E-state index >= 15 is 0 Å². The second-order valence-electron chi connectivity index (χ2n) is 5.02. The largest absolute Gasteiger partial charge is 0.319 e.